The van der Waals surface area contributed by atoms with E-state index in [4.69, 9.17) is 28.9 Å². The fraction of sp³-hybridized carbons (Fsp3) is 0.558. The van der Waals surface area contributed by atoms with Crippen LogP contribution in [0.4, 0.5) is 16.2 Å². The molecule has 0 saturated carbocycles. The summed E-state index contributed by atoms with van der Waals surface area (Å²) in [5.41, 5.74) is 4.26. The lowest BCUT2D eigenvalue weighted by Gasteiger charge is -2.17. The number of benzene rings is 2. The van der Waals surface area contributed by atoms with E-state index in [1.54, 1.807) is 38.3 Å². The molecule has 1 atom stereocenters. The molecule has 1 aliphatic carbocycles. The van der Waals surface area contributed by atoms with Gasteiger partial charge >= 0.3 is 6.16 Å². The fourth-order valence-electron chi connectivity index (χ4n) is 6.24. The average Bonchev–Trinajstić information content (AvgIpc) is 3.72. The first-order valence-electron chi connectivity index (χ1n) is 20.9. The smallest absolute Gasteiger partial charge is 0.432 e. The van der Waals surface area contributed by atoms with Crippen molar-refractivity contribution in [2.45, 2.75) is 90.4 Å². The van der Waals surface area contributed by atoms with Crippen molar-refractivity contribution < 1.29 is 62.5 Å². The monoisotopic (exact) mass is 855 g/mol. The number of methoxy groups -OCH3 is 1. The number of carbonyl (C=O) groups is 7. The molecule has 2 aromatic rings. The van der Waals surface area contributed by atoms with Gasteiger partial charge in [0.15, 0.2) is 0 Å². The summed E-state index contributed by atoms with van der Waals surface area (Å²) in [6.07, 6.45) is 3.45. The molecule has 6 amide bonds. The summed E-state index contributed by atoms with van der Waals surface area (Å²) < 4.78 is 20.9. The summed E-state index contributed by atoms with van der Waals surface area (Å²) >= 11 is 0. The van der Waals surface area contributed by atoms with Gasteiger partial charge in [-0.25, -0.2) is 4.79 Å². The molecule has 2 aliphatic rings. The Hall–Kier alpha value is -5.43. The van der Waals surface area contributed by atoms with Gasteiger partial charge in [0.1, 0.15) is 6.61 Å². The van der Waals surface area contributed by atoms with Crippen LogP contribution in [0.3, 0.4) is 0 Å². The molecule has 4 rings (SSSR count). The lowest BCUT2D eigenvalue weighted by atomic mass is 9.97. The number of ether oxygens (including phenoxy) is 4. The molecule has 0 radical (unpaired) electrons. The Labute approximate surface area is 356 Å². The number of amides is 6. The van der Waals surface area contributed by atoms with Crippen LogP contribution in [0, 0.1) is 0 Å². The van der Waals surface area contributed by atoms with Crippen LogP contribution in [0.25, 0.3) is 11.1 Å². The van der Waals surface area contributed by atoms with Gasteiger partial charge in [-0.3, -0.25) is 33.6 Å². The maximum atomic E-state index is 12.7. The number of hydrogen-bond acceptors (Lipinski definition) is 13. The number of imide groups is 1. The van der Waals surface area contributed by atoms with Gasteiger partial charge in [0, 0.05) is 102 Å². The van der Waals surface area contributed by atoms with Crippen LogP contribution in [0.15, 0.2) is 36.4 Å². The van der Waals surface area contributed by atoms with Crippen molar-refractivity contribution in [2.75, 3.05) is 77.1 Å². The zero-order valence-electron chi connectivity index (χ0n) is 35.5. The minimum atomic E-state index is -1.21. The van der Waals surface area contributed by atoms with Crippen molar-refractivity contribution in [2.24, 2.45) is 0 Å². The van der Waals surface area contributed by atoms with Crippen molar-refractivity contribution in [3.63, 3.8) is 0 Å². The van der Waals surface area contributed by atoms with Crippen LogP contribution >= 0.6 is 0 Å². The van der Waals surface area contributed by atoms with Crippen molar-refractivity contribution >= 4 is 53.0 Å². The second-order valence-electron chi connectivity index (χ2n) is 14.1. The highest BCUT2D eigenvalue weighted by molar-refractivity contribution is 6.01. The SMILES string of the molecule is CCC(=O)Nc1ccc2c(c1)C(COC(=O)ON1C(=O)CCC1=O)c1cc(NC(=O)CCCC(=O)NCCOCCCCO)ccc1-2.CCCC(=O)NCCOCCCOC. The molecule has 0 aromatic heterocycles. The summed E-state index contributed by atoms with van der Waals surface area (Å²) in [4.78, 5) is 88.9. The number of hydrogen-bond donors (Lipinski definition) is 5. The van der Waals surface area contributed by atoms with Gasteiger partial charge in [-0.15, -0.1) is 0 Å². The summed E-state index contributed by atoms with van der Waals surface area (Å²) in [6, 6.07) is 10.8. The molecule has 1 aliphatic heterocycles. The van der Waals surface area contributed by atoms with E-state index in [9.17, 15) is 33.6 Å². The predicted molar refractivity (Wildman–Crippen MR) is 224 cm³/mol. The Balaban J connectivity index is 0.000000606. The molecule has 1 fully saturated rings. The first kappa shape index (κ1) is 49.9. The highest BCUT2D eigenvalue weighted by Gasteiger charge is 2.35. The number of nitrogens with one attached hydrogen (secondary N) is 4. The Morgan fingerprint density at radius 3 is 1.80 bits per heavy atom. The average molecular weight is 856 g/mol. The first-order valence-corrected chi connectivity index (χ1v) is 20.9. The molecule has 5 N–H and O–H groups in total. The molecule has 336 valence electrons. The lowest BCUT2D eigenvalue weighted by Crippen LogP contribution is -2.32. The summed E-state index contributed by atoms with van der Waals surface area (Å²) in [6.45, 7) is 7.50. The van der Waals surface area contributed by atoms with E-state index in [-0.39, 0.29) is 62.5 Å². The van der Waals surface area contributed by atoms with Crippen molar-refractivity contribution in [1.82, 2.24) is 15.7 Å². The third kappa shape index (κ3) is 18.0. The number of rotatable bonds is 26. The van der Waals surface area contributed by atoms with Crippen molar-refractivity contribution in [3.05, 3.63) is 47.5 Å². The maximum Gasteiger partial charge on any atom is 0.533 e. The summed E-state index contributed by atoms with van der Waals surface area (Å²) in [5.74, 6) is -2.29. The van der Waals surface area contributed by atoms with E-state index >= 15 is 0 Å². The number of carbonyl (C=O) groups excluding carboxylic acids is 7. The van der Waals surface area contributed by atoms with Crippen LogP contribution in [0.1, 0.15) is 102 Å². The molecule has 1 saturated heterocycles. The van der Waals surface area contributed by atoms with E-state index in [0.29, 0.717) is 81.6 Å². The zero-order valence-corrected chi connectivity index (χ0v) is 35.5. The Morgan fingerprint density at radius 1 is 0.689 bits per heavy atom. The van der Waals surface area contributed by atoms with Crippen LogP contribution in [-0.2, 0) is 52.6 Å². The van der Waals surface area contributed by atoms with E-state index in [2.05, 4.69) is 21.3 Å². The molecule has 1 unspecified atom stereocenters. The van der Waals surface area contributed by atoms with Crippen LogP contribution in [0.5, 0.6) is 0 Å². The number of unbranched alkanes of at least 4 members (excludes halogenated alkanes) is 1. The molecular formula is C43H61N5O13. The van der Waals surface area contributed by atoms with E-state index in [0.717, 1.165) is 48.1 Å². The van der Waals surface area contributed by atoms with Gasteiger partial charge in [0.05, 0.1) is 13.2 Å². The minimum absolute atomic E-state index is 0.0494. The number of nitrogens with zero attached hydrogens (tertiary/aromatic N) is 1. The summed E-state index contributed by atoms with van der Waals surface area (Å²) in [7, 11) is 1.67. The van der Waals surface area contributed by atoms with E-state index in [1.165, 1.54) is 0 Å². The van der Waals surface area contributed by atoms with Crippen molar-refractivity contribution in [3.8, 4) is 11.1 Å². The largest absolute Gasteiger partial charge is 0.533 e. The fourth-order valence-corrected chi connectivity index (χ4v) is 6.24. The quantitative estimate of drug-likeness (QED) is 0.0504. The van der Waals surface area contributed by atoms with Crippen LogP contribution in [0.2, 0.25) is 0 Å². The highest BCUT2D eigenvalue weighted by atomic mass is 16.8. The Bertz CT molecular complexity index is 1760. The molecule has 2 aromatic carbocycles. The maximum absolute atomic E-state index is 12.7. The topological polar surface area (TPSA) is 237 Å². The predicted octanol–water partition coefficient (Wildman–Crippen LogP) is 4.33. The molecule has 61 heavy (non-hydrogen) atoms. The third-order valence-electron chi connectivity index (χ3n) is 9.33. The third-order valence-corrected chi connectivity index (χ3v) is 9.33. The molecule has 1 heterocycles. The van der Waals surface area contributed by atoms with E-state index < -0.39 is 23.9 Å². The zero-order chi connectivity index (χ0) is 44.4. The van der Waals surface area contributed by atoms with Gasteiger partial charge in [0.2, 0.25) is 23.6 Å². The number of fused-ring (bicyclic) bond motifs is 3. The minimum Gasteiger partial charge on any atom is -0.432 e. The Morgan fingerprint density at radius 2 is 1.25 bits per heavy atom. The molecule has 0 bridgehead atoms. The van der Waals surface area contributed by atoms with Gasteiger partial charge < -0.3 is 45.3 Å². The second kappa shape index (κ2) is 28.2. The molecular weight excluding hydrogens is 794 g/mol. The highest BCUT2D eigenvalue weighted by Crippen LogP contribution is 2.47. The second-order valence-corrected chi connectivity index (χ2v) is 14.1. The van der Waals surface area contributed by atoms with Gasteiger partial charge in [-0.05, 0) is 78.6 Å². The molecule has 18 nitrogen and oxygen atoms in total. The van der Waals surface area contributed by atoms with Gasteiger partial charge in [0.25, 0.3) is 11.8 Å². The number of aliphatic hydroxyl groups is 1. The van der Waals surface area contributed by atoms with Crippen LogP contribution in [-0.4, -0.2) is 118 Å². The van der Waals surface area contributed by atoms with Gasteiger partial charge in [-0.1, -0.05) is 31.0 Å². The van der Waals surface area contributed by atoms with Crippen LogP contribution < -0.4 is 21.3 Å². The first-order chi connectivity index (χ1) is 29.5. The summed E-state index contributed by atoms with van der Waals surface area (Å²) in [5, 5.41) is 20.4. The van der Waals surface area contributed by atoms with E-state index in [1.807, 2.05) is 19.1 Å². The molecule has 18 heteroatoms. The number of hydroxylamine groups is 2. The number of aliphatic hydroxyl groups excluding tert-OH is 1. The lowest BCUT2D eigenvalue weighted by molar-refractivity contribution is -0.177. The number of anilines is 2. The Kier molecular flexibility index (Phi) is 23.1. The molecule has 0 spiro atoms. The normalized spacial score (nSPS) is 13.7. The van der Waals surface area contributed by atoms with Crippen molar-refractivity contribution in [1.29, 1.82) is 0 Å². The van der Waals surface area contributed by atoms with Gasteiger partial charge in [-0.2, -0.15) is 0 Å². The standard InChI is InChI=1S/C33H40N4O10.C10H21NO3/c1-2-28(39)35-21-8-10-23-24-11-9-22(36-30(41)7-5-6-29(40)34-14-17-45-16-4-3-15-38)19-26(24)27(25(23)18-21)20-46-33(44)47-37-31(42)12-13-32(37)43;1-3-5-10(12)11-6-9-14-8-4-7-13-2/h8-11,18-19,27,38H,2-7,12-17,20H2,1H3,(H,34,40)(H,35,39)(H,36,41);3-9H2,1-2H3,(H,11,12).